The van der Waals surface area contributed by atoms with Gasteiger partial charge < -0.3 is 10.1 Å². The lowest BCUT2D eigenvalue weighted by Crippen LogP contribution is -2.12. The second kappa shape index (κ2) is 6.83. The van der Waals surface area contributed by atoms with Crippen LogP contribution in [-0.4, -0.2) is 13.2 Å². The van der Waals surface area contributed by atoms with E-state index in [0.717, 1.165) is 26.5 Å². The van der Waals surface area contributed by atoms with E-state index in [0.29, 0.717) is 13.2 Å². The Morgan fingerprint density at radius 1 is 1.16 bits per heavy atom. The zero-order chi connectivity index (χ0) is 13.7. The monoisotopic (exact) mass is 339 g/mol. The third kappa shape index (κ3) is 4.15. The molecule has 0 aliphatic heterocycles. The number of hydrogen-bond acceptors (Lipinski definition) is 2. The van der Waals surface area contributed by atoms with E-state index in [1.54, 1.807) is 0 Å². The van der Waals surface area contributed by atoms with Crippen molar-refractivity contribution < 1.29 is 4.74 Å². The predicted octanol–water partition coefficient (Wildman–Crippen LogP) is 4.90. The van der Waals surface area contributed by atoms with Gasteiger partial charge in [-0.1, -0.05) is 39.7 Å². The van der Waals surface area contributed by atoms with Gasteiger partial charge in [0.2, 0.25) is 0 Å². The van der Waals surface area contributed by atoms with Crippen LogP contribution < -0.4 is 10.1 Å². The predicted molar refractivity (Wildman–Crippen MR) is 84.3 cm³/mol. The molecule has 4 heteroatoms. The molecule has 0 saturated carbocycles. The van der Waals surface area contributed by atoms with Crippen LogP contribution in [0, 0.1) is 6.92 Å². The quantitative estimate of drug-likeness (QED) is 0.782. The summed E-state index contributed by atoms with van der Waals surface area (Å²) in [7, 11) is 0. The molecular formula is C15H15BrClNO. The summed E-state index contributed by atoms with van der Waals surface area (Å²) in [4.78, 5) is 0. The van der Waals surface area contributed by atoms with E-state index >= 15 is 0 Å². The highest BCUT2D eigenvalue weighted by Gasteiger charge is 2.02. The third-order valence-corrected chi connectivity index (χ3v) is 3.55. The number of para-hydroxylation sites is 1. The number of hydrogen-bond donors (Lipinski definition) is 1. The number of aryl methyl sites for hydroxylation is 1. The Morgan fingerprint density at radius 3 is 2.58 bits per heavy atom. The highest BCUT2D eigenvalue weighted by molar-refractivity contribution is 9.10. The zero-order valence-corrected chi connectivity index (χ0v) is 13.0. The first-order chi connectivity index (χ1) is 9.16. The Bertz CT molecular complexity index is 522. The minimum Gasteiger partial charge on any atom is -0.492 e. The molecule has 0 spiro atoms. The van der Waals surface area contributed by atoms with E-state index in [1.807, 2.05) is 49.4 Å². The Labute approximate surface area is 126 Å². The summed E-state index contributed by atoms with van der Waals surface area (Å²) >= 11 is 9.53. The van der Waals surface area contributed by atoms with Gasteiger partial charge in [0.1, 0.15) is 12.4 Å². The Hall–Kier alpha value is -1.19. The van der Waals surface area contributed by atoms with Crippen molar-refractivity contribution in [2.75, 3.05) is 18.5 Å². The molecule has 0 atom stereocenters. The molecule has 2 aromatic carbocycles. The van der Waals surface area contributed by atoms with Crippen LogP contribution >= 0.6 is 27.5 Å². The van der Waals surface area contributed by atoms with Gasteiger partial charge in [-0.2, -0.15) is 0 Å². The second-order valence-electron chi connectivity index (χ2n) is 4.16. The molecule has 19 heavy (non-hydrogen) atoms. The van der Waals surface area contributed by atoms with Gasteiger partial charge in [0, 0.05) is 11.0 Å². The molecule has 0 saturated heterocycles. The molecule has 2 aromatic rings. The summed E-state index contributed by atoms with van der Waals surface area (Å²) in [5.41, 5.74) is 2.11. The van der Waals surface area contributed by atoms with Crippen molar-refractivity contribution in [3.63, 3.8) is 0 Å². The molecule has 2 rings (SSSR count). The summed E-state index contributed by atoms with van der Waals surface area (Å²) in [5, 5.41) is 4.04. The fourth-order valence-electron chi connectivity index (χ4n) is 1.73. The van der Waals surface area contributed by atoms with E-state index in [-0.39, 0.29) is 0 Å². The summed E-state index contributed by atoms with van der Waals surface area (Å²) in [5.74, 6) is 0.862. The Kier molecular flexibility index (Phi) is 5.11. The molecule has 0 heterocycles. The van der Waals surface area contributed by atoms with Crippen LogP contribution in [0.2, 0.25) is 5.02 Å². The van der Waals surface area contributed by atoms with E-state index < -0.39 is 0 Å². The van der Waals surface area contributed by atoms with Crippen LogP contribution in [0.5, 0.6) is 5.75 Å². The van der Waals surface area contributed by atoms with Crippen LogP contribution in [0.4, 0.5) is 5.69 Å². The van der Waals surface area contributed by atoms with Crippen molar-refractivity contribution in [2.24, 2.45) is 0 Å². The molecule has 0 aliphatic carbocycles. The molecule has 100 valence electrons. The fourth-order valence-corrected chi connectivity index (χ4v) is 2.28. The molecule has 2 nitrogen and oxygen atoms in total. The van der Waals surface area contributed by atoms with Gasteiger partial charge in [0.25, 0.3) is 0 Å². The first kappa shape index (κ1) is 14.2. The number of nitrogens with one attached hydrogen (secondary N) is 1. The van der Waals surface area contributed by atoms with Crippen molar-refractivity contribution in [3.8, 4) is 5.75 Å². The average Bonchev–Trinajstić information content (AvgIpc) is 2.39. The van der Waals surface area contributed by atoms with Gasteiger partial charge in [-0.25, -0.2) is 0 Å². The molecular weight excluding hydrogens is 326 g/mol. The van der Waals surface area contributed by atoms with Gasteiger partial charge in [-0.15, -0.1) is 0 Å². The average molecular weight is 341 g/mol. The lowest BCUT2D eigenvalue weighted by atomic mass is 10.2. The molecule has 0 amide bonds. The largest absolute Gasteiger partial charge is 0.492 e. The van der Waals surface area contributed by atoms with E-state index in [9.17, 15) is 0 Å². The van der Waals surface area contributed by atoms with Crippen molar-refractivity contribution in [1.29, 1.82) is 0 Å². The van der Waals surface area contributed by atoms with Crippen LogP contribution in [0.1, 0.15) is 5.56 Å². The number of halogens is 2. The number of rotatable bonds is 5. The molecule has 0 aromatic heterocycles. The number of benzene rings is 2. The summed E-state index contributed by atoms with van der Waals surface area (Å²) in [6, 6.07) is 13.6. The SMILES string of the molecule is Cc1cccc(Cl)c1NCCOc1ccc(Br)cc1. The second-order valence-corrected chi connectivity index (χ2v) is 5.48. The highest BCUT2D eigenvalue weighted by atomic mass is 79.9. The Morgan fingerprint density at radius 2 is 1.89 bits per heavy atom. The third-order valence-electron chi connectivity index (χ3n) is 2.71. The molecule has 1 N–H and O–H groups in total. The molecule has 0 bridgehead atoms. The van der Waals surface area contributed by atoms with E-state index in [1.165, 1.54) is 0 Å². The molecule has 0 unspecified atom stereocenters. The standard InChI is InChI=1S/C15H15BrClNO/c1-11-3-2-4-14(17)15(11)18-9-10-19-13-7-5-12(16)6-8-13/h2-8,18H,9-10H2,1H3. The highest BCUT2D eigenvalue weighted by Crippen LogP contribution is 2.24. The minimum atomic E-state index is 0.590. The maximum atomic E-state index is 6.13. The van der Waals surface area contributed by atoms with Crippen molar-refractivity contribution >= 4 is 33.2 Å². The molecule has 0 aliphatic rings. The van der Waals surface area contributed by atoms with Gasteiger partial charge in [0.05, 0.1) is 10.7 Å². The molecule has 0 fully saturated rings. The van der Waals surface area contributed by atoms with Crippen LogP contribution in [-0.2, 0) is 0 Å². The van der Waals surface area contributed by atoms with Crippen LogP contribution in [0.25, 0.3) is 0 Å². The summed E-state index contributed by atoms with van der Waals surface area (Å²) in [6.45, 7) is 3.33. The van der Waals surface area contributed by atoms with Gasteiger partial charge in [-0.3, -0.25) is 0 Å². The van der Waals surface area contributed by atoms with Crippen molar-refractivity contribution in [2.45, 2.75) is 6.92 Å². The minimum absolute atomic E-state index is 0.590. The normalized spacial score (nSPS) is 10.3. The van der Waals surface area contributed by atoms with Gasteiger partial charge in [0.15, 0.2) is 0 Å². The zero-order valence-electron chi connectivity index (χ0n) is 10.6. The Balaban J connectivity index is 1.82. The van der Waals surface area contributed by atoms with Crippen LogP contribution in [0.3, 0.4) is 0 Å². The maximum Gasteiger partial charge on any atom is 0.119 e. The van der Waals surface area contributed by atoms with Gasteiger partial charge >= 0.3 is 0 Å². The molecule has 0 radical (unpaired) electrons. The topological polar surface area (TPSA) is 21.3 Å². The lowest BCUT2D eigenvalue weighted by molar-refractivity contribution is 0.333. The summed E-state index contributed by atoms with van der Waals surface area (Å²) < 4.78 is 6.68. The fraction of sp³-hybridized carbons (Fsp3) is 0.200. The number of ether oxygens (including phenoxy) is 1. The lowest BCUT2D eigenvalue weighted by Gasteiger charge is -2.12. The van der Waals surface area contributed by atoms with Crippen molar-refractivity contribution in [1.82, 2.24) is 0 Å². The van der Waals surface area contributed by atoms with E-state index in [4.69, 9.17) is 16.3 Å². The van der Waals surface area contributed by atoms with Gasteiger partial charge in [-0.05, 0) is 42.8 Å². The van der Waals surface area contributed by atoms with Crippen LogP contribution in [0.15, 0.2) is 46.9 Å². The van der Waals surface area contributed by atoms with E-state index in [2.05, 4.69) is 21.2 Å². The smallest absolute Gasteiger partial charge is 0.119 e. The van der Waals surface area contributed by atoms with Crippen molar-refractivity contribution in [3.05, 3.63) is 57.5 Å². The maximum absolute atomic E-state index is 6.13. The summed E-state index contributed by atoms with van der Waals surface area (Å²) in [6.07, 6.45) is 0. The number of anilines is 1. The first-order valence-electron chi connectivity index (χ1n) is 6.04. The first-order valence-corrected chi connectivity index (χ1v) is 7.21.